The summed E-state index contributed by atoms with van der Waals surface area (Å²) in [7, 11) is 0. The van der Waals surface area contributed by atoms with Crippen LogP contribution in [-0.4, -0.2) is 44.9 Å². The van der Waals surface area contributed by atoms with E-state index in [-0.39, 0.29) is 36.6 Å². The van der Waals surface area contributed by atoms with Crippen LogP contribution in [0.2, 0.25) is 5.15 Å². The van der Waals surface area contributed by atoms with E-state index in [1.165, 1.54) is 0 Å². The SMILES string of the molecule is CC[C@H](C)[C@H](CC(=O)O)NC(=O)CC1CCC(=O)N1Cc1ccc(Cl)nc1. The lowest BCUT2D eigenvalue weighted by Gasteiger charge is -2.27. The summed E-state index contributed by atoms with van der Waals surface area (Å²) >= 11 is 5.79. The minimum atomic E-state index is -0.937. The highest BCUT2D eigenvalue weighted by Crippen LogP contribution is 2.24. The Balaban J connectivity index is 1.98. The first kappa shape index (κ1) is 21.2. The number of rotatable bonds is 9. The number of nitrogens with one attached hydrogen (secondary N) is 1. The van der Waals surface area contributed by atoms with Crippen molar-refractivity contribution in [3.05, 3.63) is 29.0 Å². The molecule has 0 spiro atoms. The van der Waals surface area contributed by atoms with Crippen LogP contribution in [0.3, 0.4) is 0 Å². The number of likely N-dealkylation sites (tertiary alicyclic amines) is 1. The van der Waals surface area contributed by atoms with E-state index < -0.39 is 12.0 Å². The monoisotopic (exact) mass is 395 g/mol. The number of carboxylic acids is 1. The van der Waals surface area contributed by atoms with Crippen LogP contribution in [0, 0.1) is 5.92 Å². The normalized spacial score (nSPS) is 19.0. The summed E-state index contributed by atoms with van der Waals surface area (Å²) in [6, 6.07) is 2.87. The fourth-order valence-corrected chi connectivity index (χ4v) is 3.38. The fraction of sp³-hybridized carbons (Fsp3) is 0.579. The van der Waals surface area contributed by atoms with Crippen molar-refractivity contribution in [1.82, 2.24) is 15.2 Å². The van der Waals surface area contributed by atoms with Crippen molar-refractivity contribution in [2.24, 2.45) is 5.92 Å². The Hall–Kier alpha value is -2.15. The van der Waals surface area contributed by atoms with Crippen molar-refractivity contribution >= 4 is 29.4 Å². The second-order valence-electron chi connectivity index (χ2n) is 7.06. The number of carbonyl (C=O) groups is 3. The Bertz CT molecular complexity index is 680. The van der Waals surface area contributed by atoms with E-state index in [4.69, 9.17) is 16.7 Å². The zero-order valence-electron chi connectivity index (χ0n) is 15.7. The van der Waals surface area contributed by atoms with E-state index in [2.05, 4.69) is 10.3 Å². The number of amides is 2. The number of hydrogen-bond acceptors (Lipinski definition) is 4. The van der Waals surface area contributed by atoms with Gasteiger partial charge in [-0.3, -0.25) is 14.4 Å². The molecule has 2 rings (SSSR count). The van der Waals surface area contributed by atoms with Crippen LogP contribution in [0.5, 0.6) is 0 Å². The predicted molar refractivity (Wildman–Crippen MR) is 101 cm³/mol. The molecular weight excluding hydrogens is 370 g/mol. The number of pyridine rings is 1. The number of carboxylic acid groups (broad SMARTS) is 1. The summed E-state index contributed by atoms with van der Waals surface area (Å²) < 4.78 is 0. The molecule has 0 saturated carbocycles. The highest BCUT2D eigenvalue weighted by molar-refractivity contribution is 6.29. The number of halogens is 1. The molecule has 3 atom stereocenters. The van der Waals surface area contributed by atoms with Crippen molar-refractivity contribution in [1.29, 1.82) is 0 Å². The average molecular weight is 396 g/mol. The highest BCUT2D eigenvalue weighted by atomic mass is 35.5. The van der Waals surface area contributed by atoms with E-state index in [0.29, 0.717) is 24.5 Å². The van der Waals surface area contributed by atoms with Gasteiger partial charge in [-0.05, 0) is 24.0 Å². The molecule has 1 aliphatic heterocycles. The molecule has 1 aliphatic rings. The first-order chi connectivity index (χ1) is 12.8. The summed E-state index contributed by atoms with van der Waals surface area (Å²) in [4.78, 5) is 41.5. The fourth-order valence-electron chi connectivity index (χ4n) is 3.27. The Labute approximate surface area is 164 Å². The average Bonchev–Trinajstić information content (AvgIpc) is 2.95. The third-order valence-corrected chi connectivity index (χ3v) is 5.31. The van der Waals surface area contributed by atoms with Gasteiger partial charge in [-0.15, -0.1) is 0 Å². The Morgan fingerprint density at radius 3 is 2.78 bits per heavy atom. The molecule has 1 fully saturated rings. The van der Waals surface area contributed by atoms with Crippen LogP contribution in [0.15, 0.2) is 18.3 Å². The maximum Gasteiger partial charge on any atom is 0.305 e. The molecule has 1 unspecified atom stereocenters. The topological polar surface area (TPSA) is 99.6 Å². The van der Waals surface area contributed by atoms with E-state index >= 15 is 0 Å². The summed E-state index contributed by atoms with van der Waals surface area (Å²) in [5, 5.41) is 12.3. The molecule has 0 aromatic carbocycles. The molecule has 1 aromatic heterocycles. The smallest absolute Gasteiger partial charge is 0.305 e. The lowest BCUT2D eigenvalue weighted by Crippen LogP contribution is -2.43. The molecular formula is C19H26ClN3O4. The van der Waals surface area contributed by atoms with E-state index in [1.807, 2.05) is 19.9 Å². The minimum absolute atomic E-state index is 0.00626. The second kappa shape index (κ2) is 9.69. The van der Waals surface area contributed by atoms with E-state index in [1.54, 1.807) is 17.2 Å². The number of aromatic nitrogens is 1. The van der Waals surface area contributed by atoms with Crippen molar-refractivity contribution in [3.8, 4) is 0 Å². The molecule has 0 radical (unpaired) electrons. The molecule has 0 aliphatic carbocycles. The summed E-state index contributed by atoms with van der Waals surface area (Å²) in [5.74, 6) is -1.09. The van der Waals surface area contributed by atoms with Gasteiger partial charge in [0.05, 0.1) is 6.42 Å². The van der Waals surface area contributed by atoms with Crippen molar-refractivity contribution in [3.63, 3.8) is 0 Å². The lowest BCUT2D eigenvalue weighted by atomic mass is 9.96. The van der Waals surface area contributed by atoms with Crippen LogP contribution < -0.4 is 5.32 Å². The molecule has 148 valence electrons. The van der Waals surface area contributed by atoms with Gasteiger partial charge in [0.2, 0.25) is 11.8 Å². The Kier molecular flexibility index (Phi) is 7.59. The van der Waals surface area contributed by atoms with Crippen LogP contribution in [0.1, 0.15) is 51.5 Å². The molecule has 8 heteroatoms. The van der Waals surface area contributed by atoms with Crippen LogP contribution in [0.25, 0.3) is 0 Å². The predicted octanol–water partition coefficient (Wildman–Crippen LogP) is 2.62. The summed E-state index contributed by atoms with van der Waals surface area (Å²) in [6.07, 6.45) is 3.47. The molecule has 2 heterocycles. The largest absolute Gasteiger partial charge is 0.481 e. The van der Waals surface area contributed by atoms with Gasteiger partial charge in [0.25, 0.3) is 0 Å². The maximum atomic E-state index is 12.5. The molecule has 2 amide bonds. The maximum absolute atomic E-state index is 12.5. The molecule has 1 saturated heterocycles. The number of aliphatic carboxylic acids is 1. The lowest BCUT2D eigenvalue weighted by molar-refractivity contribution is -0.138. The highest BCUT2D eigenvalue weighted by Gasteiger charge is 2.33. The third-order valence-electron chi connectivity index (χ3n) is 5.09. The third kappa shape index (κ3) is 6.20. The van der Waals surface area contributed by atoms with Gasteiger partial charge in [0.15, 0.2) is 0 Å². The number of nitrogens with zero attached hydrogens (tertiary/aromatic N) is 2. The first-order valence-corrected chi connectivity index (χ1v) is 9.59. The molecule has 7 nitrogen and oxygen atoms in total. The summed E-state index contributed by atoms with van der Waals surface area (Å²) in [6.45, 7) is 4.26. The van der Waals surface area contributed by atoms with Crippen molar-refractivity contribution < 1.29 is 19.5 Å². The molecule has 2 N–H and O–H groups in total. The Morgan fingerprint density at radius 2 is 2.19 bits per heavy atom. The van der Waals surface area contributed by atoms with Gasteiger partial charge in [-0.2, -0.15) is 0 Å². The standard InChI is InChI=1S/C19H26ClN3O4/c1-3-12(2)15(9-19(26)27)22-17(24)8-14-5-7-18(25)23(14)11-13-4-6-16(20)21-10-13/h4,6,10,12,14-15H,3,5,7-9,11H2,1-2H3,(H,22,24)(H,26,27)/t12-,14?,15-/m0/s1. The number of hydrogen-bond donors (Lipinski definition) is 2. The van der Waals surface area contributed by atoms with Gasteiger partial charge >= 0.3 is 5.97 Å². The van der Waals surface area contributed by atoms with Gasteiger partial charge < -0.3 is 15.3 Å². The first-order valence-electron chi connectivity index (χ1n) is 9.21. The molecule has 1 aromatic rings. The van der Waals surface area contributed by atoms with E-state index in [9.17, 15) is 14.4 Å². The minimum Gasteiger partial charge on any atom is -0.481 e. The number of carbonyl (C=O) groups excluding carboxylic acids is 2. The van der Waals surface area contributed by atoms with Gasteiger partial charge in [-0.1, -0.05) is 37.9 Å². The van der Waals surface area contributed by atoms with Crippen molar-refractivity contribution in [2.75, 3.05) is 0 Å². The van der Waals surface area contributed by atoms with Gasteiger partial charge in [-0.25, -0.2) is 4.98 Å². The molecule has 0 bridgehead atoms. The second-order valence-corrected chi connectivity index (χ2v) is 7.45. The summed E-state index contributed by atoms with van der Waals surface area (Å²) in [5.41, 5.74) is 0.850. The zero-order chi connectivity index (χ0) is 20.0. The zero-order valence-corrected chi connectivity index (χ0v) is 16.4. The van der Waals surface area contributed by atoms with E-state index in [0.717, 1.165) is 12.0 Å². The van der Waals surface area contributed by atoms with Crippen molar-refractivity contribution in [2.45, 2.75) is 64.6 Å². The quantitative estimate of drug-likeness (QED) is 0.626. The molecule has 27 heavy (non-hydrogen) atoms. The van der Waals surface area contributed by atoms with Gasteiger partial charge in [0, 0.05) is 37.7 Å². The van der Waals surface area contributed by atoms with Crippen LogP contribution in [0.4, 0.5) is 0 Å². The Morgan fingerprint density at radius 1 is 1.44 bits per heavy atom. The van der Waals surface area contributed by atoms with Gasteiger partial charge in [0.1, 0.15) is 5.15 Å². The van der Waals surface area contributed by atoms with Crippen LogP contribution in [-0.2, 0) is 20.9 Å². The van der Waals surface area contributed by atoms with Crippen LogP contribution >= 0.6 is 11.6 Å².